The maximum absolute atomic E-state index is 5.48. The van der Waals surface area contributed by atoms with Gasteiger partial charge >= 0.3 is 0 Å². The molecule has 0 aromatic carbocycles. The highest BCUT2D eigenvalue weighted by Crippen LogP contribution is 2.38. The molecule has 100 valence electrons. The smallest absolute Gasteiger partial charge is 0.0798 e. The van der Waals surface area contributed by atoms with Gasteiger partial charge in [0, 0.05) is 30.7 Å². The van der Waals surface area contributed by atoms with Crippen LogP contribution in [0.2, 0.25) is 0 Å². The van der Waals surface area contributed by atoms with Crippen molar-refractivity contribution < 1.29 is 4.74 Å². The van der Waals surface area contributed by atoms with Crippen LogP contribution in [-0.2, 0) is 11.3 Å². The summed E-state index contributed by atoms with van der Waals surface area (Å²) in [5, 5.41) is 3.81. The van der Waals surface area contributed by atoms with Crippen molar-refractivity contribution in [2.75, 3.05) is 13.2 Å². The van der Waals surface area contributed by atoms with E-state index in [1.54, 1.807) is 11.3 Å². The number of thiazole rings is 1. The van der Waals surface area contributed by atoms with Gasteiger partial charge in [0.25, 0.3) is 0 Å². The van der Waals surface area contributed by atoms with E-state index in [-0.39, 0.29) is 0 Å². The van der Waals surface area contributed by atoms with Gasteiger partial charge in [-0.05, 0) is 44.4 Å². The highest BCUT2D eigenvalue weighted by atomic mass is 32.1. The molecule has 18 heavy (non-hydrogen) atoms. The molecule has 0 bridgehead atoms. The number of aromatic nitrogens is 1. The third-order valence-corrected chi connectivity index (χ3v) is 5.18. The van der Waals surface area contributed by atoms with E-state index in [2.05, 4.69) is 17.2 Å². The summed E-state index contributed by atoms with van der Waals surface area (Å²) in [4.78, 5) is 5.72. The molecule has 1 atom stereocenters. The number of rotatable bonds is 5. The molecule has 1 N–H and O–H groups in total. The molecule has 3 nitrogen and oxygen atoms in total. The van der Waals surface area contributed by atoms with Crippen molar-refractivity contribution in [1.29, 1.82) is 0 Å². The molecule has 2 aliphatic rings. The summed E-state index contributed by atoms with van der Waals surface area (Å²) < 4.78 is 5.48. The van der Waals surface area contributed by atoms with Gasteiger partial charge in [-0.25, -0.2) is 4.98 Å². The molecule has 2 fully saturated rings. The predicted octanol–water partition coefficient (Wildman–Crippen LogP) is 2.75. The SMILES string of the molecule is Cc1ncsc1CNC(C1CCOCC1)C1CC1. The van der Waals surface area contributed by atoms with E-state index in [4.69, 9.17) is 4.74 Å². The van der Waals surface area contributed by atoms with Gasteiger partial charge in [0.05, 0.1) is 11.2 Å². The van der Waals surface area contributed by atoms with Crippen LogP contribution in [0.3, 0.4) is 0 Å². The standard InChI is InChI=1S/C14H22N2OS/c1-10-13(18-9-16-10)8-15-14(11-2-3-11)12-4-6-17-7-5-12/h9,11-12,14-15H,2-8H2,1H3. The molecule has 1 unspecified atom stereocenters. The first-order chi connectivity index (χ1) is 8.84. The van der Waals surface area contributed by atoms with Crippen LogP contribution in [0.15, 0.2) is 5.51 Å². The van der Waals surface area contributed by atoms with E-state index in [1.165, 1.54) is 36.3 Å². The summed E-state index contributed by atoms with van der Waals surface area (Å²) in [6.45, 7) is 5.01. The van der Waals surface area contributed by atoms with Gasteiger partial charge in [-0.15, -0.1) is 11.3 Å². The molecule has 1 aliphatic carbocycles. The number of ether oxygens (including phenoxy) is 1. The monoisotopic (exact) mass is 266 g/mol. The van der Waals surface area contributed by atoms with Crippen molar-refractivity contribution in [3.8, 4) is 0 Å². The number of hydrogen-bond acceptors (Lipinski definition) is 4. The second-order valence-electron chi connectivity index (χ2n) is 5.55. The normalized spacial score (nSPS) is 23.2. The first kappa shape index (κ1) is 12.6. The zero-order valence-electron chi connectivity index (χ0n) is 11.0. The molecule has 4 heteroatoms. The Morgan fingerprint density at radius 1 is 1.33 bits per heavy atom. The van der Waals surface area contributed by atoms with Gasteiger partial charge in [0.15, 0.2) is 0 Å². The Kier molecular flexibility index (Phi) is 3.97. The third kappa shape index (κ3) is 2.92. The van der Waals surface area contributed by atoms with Crippen molar-refractivity contribution in [3.05, 3.63) is 16.1 Å². The molecule has 1 saturated carbocycles. The lowest BCUT2D eigenvalue weighted by atomic mass is 9.88. The van der Waals surface area contributed by atoms with Crippen LogP contribution in [0.4, 0.5) is 0 Å². The average Bonchev–Trinajstić information content (AvgIpc) is 3.15. The molecular formula is C14H22N2OS. The molecule has 1 aliphatic heterocycles. The summed E-state index contributed by atoms with van der Waals surface area (Å²) in [6.07, 6.45) is 5.29. The van der Waals surface area contributed by atoms with E-state index in [9.17, 15) is 0 Å². The topological polar surface area (TPSA) is 34.2 Å². The first-order valence-corrected chi connectivity index (χ1v) is 7.92. The Balaban J connectivity index is 1.58. The summed E-state index contributed by atoms with van der Waals surface area (Å²) in [7, 11) is 0. The van der Waals surface area contributed by atoms with Crippen LogP contribution in [0, 0.1) is 18.8 Å². The average molecular weight is 266 g/mol. The highest BCUT2D eigenvalue weighted by Gasteiger charge is 2.36. The van der Waals surface area contributed by atoms with E-state index < -0.39 is 0 Å². The maximum Gasteiger partial charge on any atom is 0.0798 e. The molecule has 0 spiro atoms. The minimum absolute atomic E-state index is 0.704. The van der Waals surface area contributed by atoms with Gasteiger partial charge in [0.2, 0.25) is 0 Å². The van der Waals surface area contributed by atoms with Gasteiger partial charge in [0.1, 0.15) is 0 Å². The molecule has 1 aromatic rings. The maximum atomic E-state index is 5.48. The molecule has 0 radical (unpaired) electrons. The number of nitrogens with one attached hydrogen (secondary N) is 1. The van der Waals surface area contributed by atoms with Crippen molar-refractivity contribution in [2.45, 2.75) is 45.2 Å². The second kappa shape index (κ2) is 5.68. The fourth-order valence-corrected chi connectivity index (χ4v) is 3.68. The zero-order chi connectivity index (χ0) is 12.4. The Hall–Kier alpha value is -0.450. The van der Waals surface area contributed by atoms with Gasteiger partial charge in [-0.3, -0.25) is 0 Å². The Bertz CT molecular complexity index is 383. The van der Waals surface area contributed by atoms with Gasteiger partial charge in [-0.2, -0.15) is 0 Å². The second-order valence-corrected chi connectivity index (χ2v) is 6.49. The lowest BCUT2D eigenvalue weighted by Crippen LogP contribution is -2.40. The highest BCUT2D eigenvalue weighted by molar-refractivity contribution is 7.09. The van der Waals surface area contributed by atoms with Crippen molar-refractivity contribution >= 4 is 11.3 Å². The van der Waals surface area contributed by atoms with Crippen LogP contribution in [0.5, 0.6) is 0 Å². The quantitative estimate of drug-likeness (QED) is 0.890. The Morgan fingerprint density at radius 3 is 2.67 bits per heavy atom. The third-order valence-electron chi connectivity index (χ3n) is 4.25. The first-order valence-electron chi connectivity index (χ1n) is 7.04. The largest absolute Gasteiger partial charge is 0.381 e. The summed E-state index contributed by atoms with van der Waals surface area (Å²) >= 11 is 1.77. The lowest BCUT2D eigenvalue weighted by Gasteiger charge is -2.31. The lowest BCUT2D eigenvalue weighted by molar-refractivity contribution is 0.0504. The molecule has 1 aromatic heterocycles. The zero-order valence-corrected chi connectivity index (χ0v) is 11.8. The summed E-state index contributed by atoms with van der Waals surface area (Å²) in [5.74, 6) is 1.74. The van der Waals surface area contributed by atoms with E-state index in [0.717, 1.165) is 31.6 Å². The van der Waals surface area contributed by atoms with Crippen LogP contribution in [0.25, 0.3) is 0 Å². The van der Waals surface area contributed by atoms with E-state index in [0.29, 0.717) is 6.04 Å². The number of hydrogen-bond donors (Lipinski definition) is 1. The molecule has 2 heterocycles. The Morgan fingerprint density at radius 2 is 2.06 bits per heavy atom. The van der Waals surface area contributed by atoms with Crippen molar-refractivity contribution in [1.82, 2.24) is 10.3 Å². The molecule has 3 rings (SSSR count). The van der Waals surface area contributed by atoms with E-state index >= 15 is 0 Å². The van der Waals surface area contributed by atoms with Gasteiger partial charge in [-0.1, -0.05) is 0 Å². The fraction of sp³-hybridized carbons (Fsp3) is 0.786. The number of aryl methyl sites for hydroxylation is 1. The number of nitrogens with zero attached hydrogens (tertiary/aromatic N) is 1. The predicted molar refractivity (Wildman–Crippen MR) is 73.7 cm³/mol. The molecule has 1 saturated heterocycles. The van der Waals surface area contributed by atoms with Crippen LogP contribution in [-0.4, -0.2) is 24.2 Å². The molecule has 0 amide bonds. The van der Waals surface area contributed by atoms with Crippen molar-refractivity contribution in [2.24, 2.45) is 11.8 Å². The van der Waals surface area contributed by atoms with Crippen LogP contribution in [0.1, 0.15) is 36.3 Å². The van der Waals surface area contributed by atoms with Crippen molar-refractivity contribution in [3.63, 3.8) is 0 Å². The summed E-state index contributed by atoms with van der Waals surface area (Å²) in [6, 6.07) is 0.704. The fourth-order valence-electron chi connectivity index (χ4n) is 2.95. The van der Waals surface area contributed by atoms with Crippen LogP contribution >= 0.6 is 11.3 Å². The minimum Gasteiger partial charge on any atom is -0.381 e. The van der Waals surface area contributed by atoms with Gasteiger partial charge < -0.3 is 10.1 Å². The minimum atomic E-state index is 0.704. The van der Waals surface area contributed by atoms with E-state index in [1.807, 2.05) is 5.51 Å². The summed E-state index contributed by atoms with van der Waals surface area (Å²) in [5.41, 5.74) is 3.14. The molecular weight excluding hydrogens is 244 g/mol. The Labute approximate surface area is 113 Å². The van der Waals surface area contributed by atoms with Crippen LogP contribution < -0.4 is 5.32 Å².